The van der Waals surface area contributed by atoms with Crippen LogP contribution in [0.2, 0.25) is 0 Å². The van der Waals surface area contributed by atoms with E-state index in [1.807, 2.05) is 24.3 Å². The number of methoxy groups -OCH3 is 1. The molecule has 3 unspecified atom stereocenters. The summed E-state index contributed by atoms with van der Waals surface area (Å²) in [5.74, 6) is 1.40. The van der Waals surface area contributed by atoms with Gasteiger partial charge in [-0.3, -0.25) is 4.79 Å². The predicted molar refractivity (Wildman–Crippen MR) is 122 cm³/mol. The number of phenols is 1. The number of benzene rings is 3. The van der Waals surface area contributed by atoms with Crippen molar-refractivity contribution >= 4 is 5.78 Å². The second kappa shape index (κ2) is 9.16. The van der Waals surface area contributed by atoms with Crippen LogP contribution in [0.1, 0.15) is 52.8 Å². The van der Waals surface area contributed by atoms with Crippen LogP contribution in [-0.2, 0) is 4.74 Å². The van der Waals surface area contributed by atoms with Gasteiger partial charge in [0.2, 0.25) is 0 Å². The average molecular weight is 446 g/mol. The molecule has 6 heteroatoms. The highest BCUT2D eigenvalue weighted by Gasteiger charge is 2.39. The van der Waals surface area contributed by atoms with Crippen LogP contribution in [-0.4, -0.2) is 30.9 Å². The first-order chi connectivity index (χ1) is 16.1. The monoisotopic (exact) mass is 446 g/mol. The number of hydrogen-bond donors (Lipinski definition) is 1. The van der Waals surface area contributed by atoms with E-state index in [1.165, 1.54) is 0 Å². The molecule has 1 fully saturated rings. The van der Waals surface area contributed by atoms with Crippen molar-refractivity contribution in [1.29, 1.82) is 0 Å². The Hall–Kier alpha value is -3.51. The first-order valence-corrected chi connectivity index (χ1v) is 11.2. The van der Waals surface area contributed by atoms with E-state index in [-0.39, 0.29) is 17.8 Å². The number of phenolic OH excluding ortho intramolecular Hbond substituents is 1. The van der Waals surface area contributed by atoms with Crippen LogP contribution in [0.3, 0.4) is 0 Å². The molecule has 3 atom stereocenters. The summed E-state index contributed by atoms with van der Waals surface area (Å²) in [7, 11) is 1.61. The number of rotatable bonds is 5. The zero-order valence-electron chi connectivity index (χ0n) is 18.4. The summed E-state index contributed by atoms with van der Waals surface area (Å²) in [6.07, 6.45) is 2.11. The second-order valence-electron chi connectivity index (χ2n) is 8.32. The molecule has 170 valence electrons. The van der Waals surface area contributed by atoms with E-state index in [1.54, 1.807) is 49.6 Å². The number of ether oxygens (including phenoxy) is 4. The van der Waals surface area contributed by atoms with E-state index in [0.29, 0.717) is 23.7 Å². The Morgan fingerprint density at radius 3 is 2.33 bits per heavy atom. The minimum atomic E-state index is -0.555. The number of hydrogen-bond acceptors (Lipinski definition) is 6. The molecule has 3 aromatic carbocycles. The maximum Gasteiger partial charge on any atom is 0.199 e. The minimum absolute atomic E-state index is 0.0278. The molecule has 0 spiro atoms. The Labute approximate surface area is 192 Å². The standard InChI is InChI=1S/C27H26O6/c1-30-20-11-7-17(8-12-20)25-26(29)22-14-13-21(32-24-4-2-3-15-31-24)16-23(22)33-27(25)18-5-9-19(28)10-6-18/h5-14,16,24-25,27-28H,2-4,15H2,1H3. The molecule has 5 rings (SSSR count). The molecular weight excluding hydrogens is 420 g/mol. The summed E-state index contributed by atoms with van der Waals surface area (Å²) >= 11 is 0. The van der Waals surface area contributed by atoms with Crippen molar-refractivity contribution < 1.29 is 28.8 Å². The summed E-state index contributed by atoms with van der Waals surface area (Å²) in [5.41, 5.74) is 2.15. The number of carbonyl (C=O) groups is 1. The molecule has 0 radical (unpaired) electrons. The summed E-state index contributed by atoms with van der Waals surface area (Å²) in [5, 5.41) is 9.75. The molecular formula is C27H26O6. The molecule has 2 aliphatic heterocycles. The molecule has 0 aromatic heterocycles. The number of Topliss-reactive ketones (excluding diaryl/α,β-unsaturated/α-hetero) is 1. The second-order valence-corrected chi connectivity index (χ2v) is 8.32. The third kappa shape index (κ3) is 4.39. The third-order valence-electron chi connectivity index (χ3n) is 6.16. The van der Waals surface area contributed by atoms with Crippen LogP contribution in [0.5, 0.6) is 23.0 Å². The van der Waals surface area contributed by atoms with Crippen LogP contribution in [0.15, 0.2) is 66.7 Å². The van der Waals surface area contributed by atoms with Gasteiger partial charge in [0.25, 0.3) is 0 Å². The first kappa shape index (κ1) is 21.3. The van der Waals surface area contributed by atoms with Gasteiger partial charge in [-0.25, -0.2) is 0 Å². The van der Waals surface area contributed by atoms with Gasteiger partial charge in [0.15, 0.2) is 12.1 Å². The van der Waals surface area contributed by atoms with Crippen LogP contribution in [0.25, 0.3) is 0 Å². The molecule has 3 aromatic rings. The van der Waals surface area contributed by atoms with Crippen LogP contribution < -0.4 is 14.2 Å². The molecule has 0 bridgehead atoms. The van der Waals surface area contributed by atoms with E-state index in [2.05, 4.69) is 0 Å². The van der Waals surface area contributed by atoms with Crippen LogP contribution >= 0.6 is 0 Å². The highest BCUT2D eigenvalue weighted by Crippen LogP contribution is 2.45. The summed E-state index contributed by atoms with van der Waals surface area (Å²) < 4.78 is 23.4. The molecule has 1 saturated heterocycles. The maximum absolute atomic E-state index is 13.7. The van der Waals surface area contributed by atoms with Gasteiger partial charge in [0, 0.05) is 12.5 Å². The average Bonchev–Trinajstić information content (AvgIpc) is 2.85. The summed E-state index contributed by atoms with van der Waals surface area (Å²) in [6, 6.07) is 19.6. The summed E-state index contributed by atoms with van der Waals surface area (Å²) in [6.45, 7) is 0.692. The van der Waals surface area contributed by atoms with Crippen LogP contribution in [0.4, 0.5) is 0 Å². The Kier molecular flexibility index (Phi) is 5.92. The van der Waals surface area contributed by atoms with Gasteiger partial charge < -0.3 is 24.1 Å². The molecule has 2 aliphatic rings. The number of aromatic hydroxyl groups is 1. The summed E-state index contributed by atoms with van der Waals surface area (Å²) in [4.78, 5) is 13.7. The van der Waals surface area contributed by atoms with E-state index in [9.17, 15) is 9.90 Å². The zero-order valence-corrected chi connectivity index (χ0v) is 18.4. The Balaban J connectivity index is 1.51. The fraction of sp³-hybridized carbons (Fsp3) is 0.296. The smallest absolute Gasteiger partial charge is 0.199 e. The fourth-order valence-electron chi connectivity index (χ4n) is 4.40. The minimum Gasteiger partial charge on any atom is -0.508 e. The lowest BCUT2D eigenvalue weighted by molar-refractivity contribution is -0.106. The zero-order chi connectivity index (χ0) is 22.8. The van der Waals surface area contributed by atoms with Crippen molar-refractivity contribution in [3.63, 3.8) is 0 Å². The molecule has 6 nitrogen and oxygen atoms in total. The number of carbonyl (C=O) groups excluding carboxylic acids is 1. The van der Waals surface area contributed by atoms with Crippen molar-refractivity contribution in [3.8, 4) is 23.0 Å². The normalized spacial score (nSPS) is 22.2. The van der Waals surface area contributed by atoms with Crippen molar-refractivity contribution in [1.82, 2.24) is 0 Å². The predicted octanol–water partition coefficient (Wildman–Crippen LogP) is 5.41. The van der Waals surface area contributed by atoms with Crippen molar-refractivity contribution in [2.24, 2.45) is 0 Å². The van der Waals surface area contributed by atoms with Gasteiger partial charge in [-0.1, -0.05) is 24.3 Å². The SMILES string of the molecule is COc1ccc(C2C(=O)c3ccc(OC4CCCCO4)cc3OC2c2ccc(O)cc2)cc1. The van der Waals surface area contributed by atoms with E-state index < -0.39 is 12.0 Å². The lowest BCUT2D eigenvalue weighted by Crippen LogP contribution is -2.30. The molecule has 2 heterocycles. The number of ketones is 1. The van der Waals surface area contributed by atoms with Crippen LogP contribution in [0, 0.1) is 0 Å². The Bertz CT molecular complexity index is 1120. The quantitative estimate of drug-likeness (QED) is 0.565. The lowest BCUT2D eigenvalue weighted by atomic mass is 9.81. The highest BCUT2D eigenvalue weighted by molar-refractivity contribution is 6.04. The molecule has 33 heavy (non-hydrogen) atoms. The van der Waals surface area contributed by atoms with Gasteiger partial charge in [-0.2, -0.15) is 0 Å². The molecule has 0 amide bonds. The van der Waals surface area contributed by atoms with E-state index >= 15 is 0 Å². The van der Waals surface area contributed by atoms with E-state index in [4.69, 9.17) is 18.9 Å². The topological polar surface area (TPSA) is 74.2 Å². The fourth-order valence-corrected chi connectivity index (χ4v) is 4.40. The van der Waals surface area contributed by atoms with E-state index in [0.717, 1.165) is 36.1 Å². The van der Waals surface area contributed by atoms with Crippen molar-refractivity contribution in [3.05, 3.63) is 83.4 Å². The highest BCUT2D eigenvalue weighted by atomic mass is 16.7. The maximum atomic E-state index is 13.7. The number of fused-ring (bicyclic) bond motifs is 1. The van der Waals surface area contributed by atoms with Crippen molar-refractivity contribution in [2.75, 3.05) is 13.7 Å². The molecule has 1 N–H and O–H groups in total. The van der Waals surface area contributed by atoms with Gasteiger partial charge in [0.05, 0.1) is 25.2 Å². The van der Waals surface area contributed by atoms with Gasteiger partial charge >= 0.3 is 0 Å². The molecule has 0 saturated carbocycles. The Morgan fingerprint density at radius 1 is 0.909 bits per heavy atom. The van der Waals surface area contributed by atoms with Crippen molar-refractivity contribution in [2.45, 2.75) is 37.6 Å². The van der Waals surface area contributed by atoms with Gasteiger partial charge in [-0.15, -0.1) is 0 Å². The van der Waals surface area contributed by atoms with Gasteiger partial charge in [-0.05, 0) is 60.4 Å². The first-order valence-electron chi connectivity index (χ1n) is 11.2. The third-order valence-corrected chi connectivity index (χ3v) is 6.16. The lowest BCUT2D eigenvalue weighted by Gasteiger charge is -2.33. The Morgan fingerprint density at radius 2 is 1.64 bits per heavy atom. The molecule has 0 aliphatic carbocycles. The largest absolute Gasteiger partial charge is 0.508 e. The van der Waals surface area contributed by atoms with Gasteiger partial charge in [0.1, 0.15) is 29.1 Å².